The first-order chi connectivity index (χ1) is 14.2. The summed E-state index contributed by atoms with van der Waals surface area (Å²) in [5, 5.41) is 20.0. The van der Waals surface area contributed by atoms with Crippen molar-refractivity contribution in [2.75, 3.05) is 11.1 Å². The molecule has 3 heterocycles. The molecule has 146 valence electrons. The van der Waals surface area contributed by atoms with Crippen molar-refractivity contribution in [3.63, 3.8) is 0 Å². The fourth-order valence-corrected chi connectivity index (χ4v) is 6.63. The van der Waals surface area contributed by atoms with Crippen LogP contribution in [0.15, 0.2) is 30.5 Å². The van der Waals surface area contributed by atoms with Crippen molar-refractivity contribution in [2.24, 2.45) is 17.8 Å². The maximum atomic E-state index is 15.2. The number of nitrogens with two attached hydrogens (primary N) is 1. The molecule has 5 atom stereocenters. The molecule has 6 nitrogen and oxygen atoms in total. The van der Waals surface area contributed by atoms with Gasteiger partial charge < -0.3 is 11.1 Å². The Kier molecular flexibility index (Phi) is 2.88. The van der Waals surface area contributed by atoms with Gasteiger partial charge in [0, 0.05) is 22.0 Å². The lowest BCUT2D eigenvalue weighted by Crippen LogP contribution is -2.36. The van der Waals surface area contributed by atoms with E-state index < -0.39 is 0 Å². The van der Waals surface area contributed by atoms with Crippen molar-refractivity contribution in [1.82, 2.24) is 20.4 Å². The monoisotopic (exact) mass is 388 g/mol. The highest BCUT2D eigenvalue weighted by atomic mass is 19.1. The van der Waals surface area contributed by atoms with Gasteiger partial charge in [-0.15, -0.1) is 0 Å². The first-order valence-electron chi connectivity index (χ1n) is 10.3. The van der Waals surface area contributed by atoms with Crippen molar-refractivity contribution >= 4 is 33.3 Å². The van der Waals surface area contributed by atoms with Gasteiger partial charge in [0.15, 0.2) is 5.82 Å². The molecule has 2 aromatic carbocycles. The van der Waals surface area contributed by atoms with Crippen LogP contribution in [0.3, 0.4) is 0 Å². The SMILES string of the molecule is Nc1n[nH]c2cc(F)c([C@@H]3Nc4ccc5[nH]ncc5c4[C@H]4C5CCC(C5)[C@@H]34)cc12. The second-order valence-corrected chi connectivity index (χ2v) is 8.94. The first kappa shape index (κ1) is 15.8. The number of hydrogen-bond donors (Lipinski definition) is 4. The van der Waals surface area contributed by atoms with Gasteiger partial charge in [0.1, 0.15) is 5.82 Å². The van der Waals surface area contributed by atoms with E-state index in [9.17, 15) is 0 Å². The molecule has 3 aliphatic rings. The third kappa shape index (κ3) is 1.95. The molecule has 7 rings (SSSR count). The Hall–Kier alpha value is -3.09. The van der Waals surface area contributed by atoms with Crippen LogP contribution in [0, 0.1) is 23.6 Å². The number of nitrogens with one attached hydrogen (secondary N) is 3. The van der Waals surface area contributed by atoms with Crippen LogP contribution in [0.25, 0.3) is 21.8 Å². The maximum Gasteiger partial charge on any atom is 0.153 e. The van der Waals surface area contributed by atoms with Crippen molar-refractivity contribution < 1.29 is 4.39 Å². The molecule has 0 saturated heterocycles. The van der Waals surface area contributed by atoms with Gasteiger partial charge in [0.2, 0.25) is 0 Å². The van der Waals surface area contributed by atoms with Gasteiger partial charge >= 0.3 is 0 Å². The van der Waals surface area contributed by atoms with Gasteiger partial charge in [0.05, 0.1) is 23.3 Å². The van der Waals surface area contributed by atoms with Gasteiger partial charge in [-0.25, -0.2) is 4.39 Å². The number of fused-ring (bicyclic) bond motifs is 10. The summed E-state index contributed by atoms with van der Waals surface area (Å²) in [5.74, 6) is 2.32. The topological polar surface area (TPSA) is 95.4 Å². The zero-order valence-electron chi connectivity index (χ0n) is 15.7. The van der Waals surface area contributed by atoms with Gasteiger partial charge in [-0.05, 0) is 72.8 Å². The summed E-state index contributed by atoms with van der Waals surface area (Å²) in [4.78, 5) is 0. The van der Waals surface area contributed by atoms with E-state index in [2.05, 4.69) is 37.8 Å². The molecule has 2 unspecified atom stereocenters. The van der Waals surface area contributed by atoms with E-state index in [0.29, 0.717) is 40.6 Å². The van der Waals surface area contributed by atoms with Crippen LogP contribution in [-0.2, 0) is 0 Å². The van der Waals surface area contributed by atoms with Crippen LogP contribution in [0.4, 0.5) is 15.9 Å². The number of hydrogen-bond acceptors (Lipinski definition) is 4. The zero-order valence-corrected chi connectivity index (χ0v) is 15.7. The molecule has 2 aliphatic carbocycles. The smallest absolute Gasteiger partial charge is 0.153 e. The summed E-state index contributed by atoms with van der Waals surface area (Å²) in [6.45, 7) is 0. The van der Waals surface area contributed by atoms with Gasteiger partial charge in [-0.1, -0.05) is 0 Å². The zero-order chi connectivity index (χ0) is 19.3. The highest BCUT2D eigenvalue weighted by molar-refractivity contribution is 5.90. The number of nitrogen functional groups attached to an aromatic ring is 1. The summed E-state index contributed by atoms with van der Waals surface area (Å²) < 4.78 is 15.2. The minimum atomic E-state index is -0.201. The number of nitrogens with zero attached hydrogens (tertiary/aromatic N) is 2. The molecule has 1 aliphatic heterocycles. The lowest BCUT2D eigenvalue weighted by Gasteiger charge is -2.43. The van der Waals surface area contributed by atoms with Crippen LogP contribution in [0.2, 0.25) is 0 Å². The van der Waals surface area contributed by atoms with E-state index in [0.717, 1.165) is 16.6 Å². The molecule has 2 bridgehead atoms. The minimum absolute atomic E-state index is 0.0640. The number of anilines is 2. The Morgan fingerprint density at radius 3 is 2.86 bits per heavy atom. The Morgan fingerprint density at radius 1 is 1.03 bits per heavy atom. The molecule has 0 amide bonds. The van der Waals surface area contributed by atoms with E-state index >= 15 is 4.39 Å². The predicted octanol–water partition coefficient (Wildman–Crippen LogP) is 4.46. The molecule has 2 fully saturated rings. The molecule has 4 aromatic rings. The third-order valence-electron chi connectivity index (χ3n) is 7.72. The third-order valence-corrected chi connectivity index (χ3v) is 7.72. The Bertz CT molecular complexity index is 1290. The van der Waals surface area contributed by atoms with Crippen molar-refractivity contribution in [2.45, 2.75) is 31.2 Å². The second-order valence-electron chi connectivity index (χ2n) is 8.94. The predicted molar refractivity (Wildman–Crippen MR) is 110 cm³/mol. The van der Waals surface area contributed by atoms with Gasteiger partial charge in [-0.2, -0.15) is 10.2 Å². The molecule has 2 saturated carbocycles. The number of rotatable bonds is 1. The molecule has 0 spiro atoms. The minimum Gasteiger partial charge on any atom is -0.382 e. The Morgan fingerprint density at radius 2 is 1.93 bits per heavy atom. The largest absolute Gasteiger partial charge is 0.382 e. The quantitative estimate of drug-likeness (QED) is 0.387. The maximum absolute atomic E-state index is 15.2. The van der Waals surface area contributed by atoms with Crippen LogP contribution < -0.4 is 11.1 Å². The molecule has 7 heteroatoms. The average molecular weight is 388 g/mol. The van der Waals surface area contributed by atoms with Crippen LogP contribution >= 0.6 is 0 Å². The fourth-order valence-electron chi connectivity index (χ4n) is 6.63. The van der Waals surface area contributed by atoms with Crippen molar-refractivity contribution in [1.29, 1.82) is 0 Å². The van der Waals surface area contributed by atoms with Crippen LogP contribution in [0.1, 0.15) is 42.3 Å². The fraction of sp³-hybridized carbons (Fsp3) is 0.364. The lowest BCUT2D eigenvalue weighted by molar-refractivity contribution is 0.246. The molecular weight excluding hydrogens is 367 g/mol. The van der Waals surface area contributed by atoms with E-state index in [1.807, 2.05) is 12.3 Å². The van der Waals surface area contributed by atoms with Crippen molar-refractivity contribution in [3.8, 4) is 0 Å². The number of halogens is 1. The summed E-state index contributed by atoms with van der Waals surface area (Å²) >= 11 is 0. The Balaban J connectivity index is 1.46. The molecule has 2 aromatic heterocycles. The first-order valence-corrected chi connectivity index (χ1v) is 10.3. The molecule has 0 radical (unpaired) electrons. The highest BCUT2D eigenvalue weighted by Crippen LogP contribution is 2.64. The second kappa shape index (κ2) is 5.28. The highest BCUT2D eigenvalue weighted by Gasteiger charge is 2.54. The molecule has 29 heavy (non-hydrogen) atoms. The van der Waals surface area contributed by atoms with Gasteiger partial charge in [0.25, 0.3) is 0 Å². The normalized spacial score (nSPS) is 29.9. The summed E-state index contributed by atoms with van der Waals surface area (Å²) in [7, 11) is 0. The number of H-pyrrole nitrogens is 2. The lowest BCUT2D eigenvalue weighted by atomic mass is 9.67. The summed E-state index contributed by atoms with van der Waals surface area (Å²) in [5.41, 5.74) is 10.9. The van der Waals surface area contributed by atoms with Crippen LogP contribution in [0.5, 0.6) is 0 Å². The summed E-state index contributed by atoms with van der Waals surface area (Å²) in [6, 6.07) is 7.55. The molecular formula is C22H21FN6. The van der Waals surface area contributed by atoms with Crippen molar-refractivity contribution in [3.05, 3.63) is 47.4 Å². The number of aromatic amines is 2. The number of benzene rings is 2. The van der Waals surface area contributed by atoms with E-state index in [1.165, 1.54) is 36.3 Å². The average Bonchev–Trinajstić information content (AvgIpc) is 3.51. The molecule has 5 N–H and O–H groups in total. The Labute approximate surface area is 166 Å². The van der Waals surface area contributed by atoms with E-state index in [4.69, 9.17) is 5.73 Å². The van der Waals surface area contributed by atoms with Crippen LogP contribution in [-0.4, -0.2) is 20.4 Å². The van der Waals surface area contributed by atoms with Gasteiger partial charge in [-0.3, -0.25) is 10.2 Å². The van der Waals surface area contributed by atoms with E-state index in [-0.39, 0.29) is 11.9 Å². The van der Waals surface area contributed by atoms with E-state index in [1.54, 1.807) is 0 Å². The standard InChI is InChI=1S/C22H21FN6/c23-14-7-17-12(22(24)29-28-17)6-11(14)21-19-10-2-1-9(5-10)18(19)20-13-8-25-27-15(13)3-4-16(20)26-21/h3-4,6-10,18-19,21,26H,1-2,5H2,(H,25,27)(H3,24,28,29)/t9?,10?,18-,19+,21-/m0/s1. The summed E-state index contributed by atoms with van der Waals surface area (Å²) in [6.07, 6.45) is 5.68. The number of aromatic nitrogens is 4.